The van der Waals surface area contributed by atoms with E-state index < -0.39 is 10.2 Å². The Balaban J connectivity index is 1.35. The largest absolute Gasteiger partial charge is 0.329 e. The Morgan fingerprint density at radius 3 is 2.57 bits per heavy atom. The fourth-order valence-electron chi connectivity index (χ4n) is 3.99. The molecule has 0 amide bonds. The van der Waals surface area contributed by atoms with Crippen LogP contribution in [0, 0.1) is 0 Å². The normalized spacial score (nSPS) is 20.6. The van der Waals surface area contributed by atoms with Crippen molar-refractivity contribution in [3.05, 3.63) is 66.5 Å². The first-order valence-electron chi connectivity index (χ1n) is 9.72. The second kappa shape index (κ2) is 8.03. The van der Waals surface area contributed by atoms with E-state index in [4.69, 9.17) is 0 Å². The van der Waals surface area contributed by atoms with Crippen LogP contribution in [0.5, 0.6) is 0 Å². The highest BCUT2D eigenvalue weighted by atomic mass is 32.2. The van der Waals surface area contributed by atoms with Crippen molar-refractivity contribution in [2.24, 2.45) is 0 Å². The predicted molar refractivity (Wildman–Crippen MR) is 110 cm³/mol. The number of fused-ring (bicyclic) bond motifs is 1. The van der Waals surface area contributed by atoms with Crippen molar-refractivity contribution in [3.8, 4) is 11.4 Å². The molecular formula is C21H26N4O2S. The van der Waals surface area contributed by atoms with E-state index in [1.54, 1.807) is 7.05 Å². The molecule has 1 aliphatic carbocycles. The number of rotatable bonds is 6. The average Bonchev–Trinajstić information content (AvgIpc) is 3.18. The van der Waals surface area contributed by atoms with Gasteiger partial charge in [0, 0.05) is 43.6 Å². The van der Waals surface area contributed by atoms with Gasteiger partial charge in [-0.15, -0.1) is 0 Å². The number of nitrogens with one attached hydrogen (secondary N) is 1. The Kier molecular flexibility index (Phi) is 5.48. The highest BCUT2D eigenvalue weighted by Crippen LogP contribution is 2.33. The molecule has 0 saturated heterocycles. The van der Waals surface area contributed by atoms with Gasteiger partial charge >= 0.3 is 0 Å². The molecule has 0 radical (unpaired) electrons. The molecule has 6 nitrogen and oxygen atoms in total. The lowest BCUT2D eigenvalue weighted by Gasteiger charge is -2.32. The zero-order valence-electron chi connectivity index (χ0n) is 16.0. The molecule has 2 heterocycles. The molecule has 7 heteroatoms. The van der Waals surface area contributed by atoms with Gasteiger partial charge in [0.1, 0.15) is 5.82 Å². The summed E-state index contributed by atoms with van der Waals surface area (Å²) < 4.78 is 31.9. The summed E-state index contributed by atoms with van der Waals surface area (Å²) in [5.74, 6) is 1.01. The average molecular weight is 399 g/mol. The minimum absolute atomic E-state index is 0.0214. The smallest absolute Gasteiger partial charge is 0.279 e. The third kappa shape index (κ3) is 4.11. The number of hydrogen-bond donors (Lipinski definition) is 1. The minimum Gasteiger partial charge on any atom is -0.329 e. The fourth-order valence-corrected chi connectivity index (χ4v) is 5.14. The summed E-state index contributed by atoms with van der Waals surface area (Å²) in [6.45, 7) is 0.367. The second-order valence-corrected chi connectivity index (χ2v) is 9.32. The summed E-state index contributed by atoms with van der Waals surface area (Å²) in [4.78, 5) is 4.48. The summed E-state index contributed by atoms with van der Waals surface area (Å²) in [6, 6.07) is 16.1. The molecule has 28 heavy (non-hydrogen) atoms. The number of benzene rings is 1. The standard InChI is InChI=1S/C21H26N4O2S/c1-24(16-17-6-3-2-4-7-17)28(26,27)23-19-9-11-20(12-10-19)25-15-5-8-18-13-14-22-21(18)25/h2-8,13-15,19-20,23H,9-12,16H2,1H3. The lowest BCUT2D eigenvalue weighted by atomic mass is 9.91. The topological polar surface area (TPSA) is 67.2 Å². The van der Waals surface area contributed by atoms with Crippen LogP contribution in [-0.4, -0.2) is 35.4 Å². The maximum absolute atomic E-state index is 12.7. The first-order valence-corrected chi connectivity index (χ1v) is 11.2. The summed E-state index contributed by atoms with van der Waals surface area (Å²) in [7, 11) is -1.88. The van der Waals surface area contributed by atoms with Crippen LogP contribution < -0.4 is 4.72 Å². The molecule has 0 atom stereocenters. The van der Waals surface area contributed by atoms with Crippen LogP contribution in [0.2, 0.25) is 0 Å². The van der Waals surface area contributed by atoms with Crippen LogP contribution in [0.1, 0.15) is 37.3 Å². The third-order valence-corrected chi connectivity index (χ3v) is 7.12. The molecule has 0 spiro atoms. The van der Waals surface area contributed by atoms with Gasteiger partial charge in [-0.05, 0) is 49.4 Å². The maximum atomic E-state index is 12.7. The molecule has 2 aliphatic heterocycles. The van der Waals surface area contributed by atoms with Crippen molar-refractivity contribution in [3.63, 3.8) is 0 Å². The summed E-state index contributed by atoms with van der Waals surface area (Å²) in [6.07, 6.45) is 7.44. The van der Waals surface area contributed by atoms with Crippen molar-refractivity contribution in [1.82, 2.24) is 18.6 Å². The number of hydrogen-bond acceptors (Lipinski definition) is 3. The van der Waals surface area contributed by atoms with E-state index in [1.165, 1.54) is 4.31 Å². The quantitative estimate of drug-likeness (QED) is 0.692. The van der Waals surface area contributed by atoms with Crippen molar-refractivity contribution < 1.29 is 8.42 Å². The Morgan fingerprint density at radius 2 is 1.82 bits per heavy atom. The zero-order valence-corrected chi connectivity index (χ0v) is 16.8. The monoisotopic (exact) mass is 398 g/mol. The van der Waals surface area contributed by atoms with Crippen LogP contribution >= 0.6 is 0 Å². The van der Waals surface area contributed by atoms with Gasteiger partial charge in [0.2, 0.25) is 0 Å². The maximum Gasteiger partial charge on any atom is 0.279 e. The molecular weight excluding hydrogens is 372 g/mol. The Labute approximate surface area is 166 Å². The molecule has 3 aliphatic rings. The Hall–Kier alpha value is -2.22. The molecule has 1 aromatic rings. The highest BCUT2D eigenvalue weighted by molar-refractivity contribution is 7.87. The zero-order chi connectivity index (χ0) is 19.6. The predicted octanol–water partition coefficient (Wildman–Crippen LogP) is 3.44. The number of pyridine rings is 1. The molecule has 1 aromatic carbocycles. The van der Waals surface area contributed by atoms with Crippen molar-refractivity contribution >= 4 is 10.2 Å². The molecule has 4 rings (SSSR count). The van der Waals surface area contributed by atoms with Crippen LogP contribution in [-0.2, 0) is 16.8 Å². The fraction of sp³-hybridized carbons (Fsp3) is 0.381. The van der Waals surface area contributed by atoms with E-state index in [2.05, 4.69) is 32.6 Å². The van der Waals surface area contributed by atoms with E-state index in [0.29, 0.717) is 12.6 Å². The van der Waals surface area contributed by atoms with Crippen LogP contribution in [0.3, 0.4) is 0 Å². The molecule has 1 fully saturated rings. The van der Waals surface area contributed by atoms with Crippen LogP contribution in [0.4, 0.5) is 0 Å². The van der Waals surface area contributed by atoms with E-state index in [1.807, 2.05) is 42.6 Å². The first kappa shape index (κ1) is 19.1. The molecule has 0 aromatic heterocycles. The Morgan fingerprint density at radius 1 is 1.07 bits per heavy atom. The van der Waals surface area contributed by atoms with E-state index in [-0.39, 0.29) is 6.04 Å². The van der Waals surface area contributed by atoms with Crippen molar-refractivity contribution in [2.75, 3.05) is 7.05 Å². The summed E-state index contributed by atoms with van der Waals surface area (Å²) in [5.41, 5.74) is 2.12. The van der Waals surface area contributed by atoms with Gasteiger partial charge in [0.25, 0.3) is 10.2 Å². The van der Waals surface area contributed by atoms with E-state index in [9.17, 15) is 8.42 Å². The third-order valence-electron chi connectivity index (χ3n) is 5.54. The lowest BCUT2D eigenvalue weighted by molar-refractivity contribution is 0.306. The van der Waals surface area contributed by atoms with Gasteiger partial charge < -0.3 is 4.57 Å². The molecule has 1 N–H and O–H groups in total. The summed E-state index contributed by atoms with van der Waals surface area (Å²) >= 11 is 0. The summed E-state index contributed by atoms with van der Waals surface area (Å²) in [5, 5.41) is 0. The van der Waals surface area contributed by atoms with Gasteiger partial charge in [0.05, 0.1) is 0 Å². The van der Waals surface area contributed by atoms with Crippen molar-refractivity contribution in [1.29, 1.82) is 0 Å². The van der Waals surface area contributed by atoms with Gasteiger partial charge in [-0.2, -0.15) is 17.4 Å². The van der Waals surface area contributed by atoms with Crippen molar-refractivity contribution in [2.45, 2.75) is 44.3 Å². The number of nitrogens with zero attached hydrogens (tertiary/aromatic N) is 3. The SMILES string of the molecule is CN(Cc1ccccc1)S(=O)(=O)NC1CCC(n2cccc3ccnc2-3)CC1. The molecule has 1 saturated carbocycles. The number of aromatic nitrogens is 2. The van der Waals surface area contributed by atoms with Gasteiger partial charge in [-0.3, -0.25) is 0 Å². The second-order valence-electron chi connectivity index (χ2n) is 7.51. The lowest BCUT2D eigenvalue weighted by Crippen LogP contribution is -2.44. The van der Waals surface area contributed by atoms with E-state index >= 15 is 0 Å². The van der Waals surface area contributed by atoms with E-state index in [0.717, 1.165) is 42.6 Å². The molecule has 0 bridgehead atoms. The molecule has 148 valence electrons. The van der Waals surface area contributed by atoms with Crippen LogP contribution in [0.25, 0.3) is 11.4 Å². The highest BCUT2D eigenvalue weighted by Gasteiger charge is 2.28. The first-order chi connectivity index (χ1) is 13.5. The minimum atomic E-state index is -3.50. The Bertz CT molecular complexity index is 978. The van der Waals surface area contributed by atoms with Gasteiger partial charge in [-0.1, -0.05) is 30.3 Å². The van der Waals surface area contributed by atoms with Gasteiger partial charge in [-0.25, -0.2) is 4.98 Å². The van der Waals surface area contributed by atoms with Gasteiger partial charge in [0.15, 0.2) is 0 Å². The molecule has 0 unspecified atom stereocenters. The van der Waals surface area contributed by atoms with Crippen LogP contribution in [0.15, 0.2) is 60.9 Å².